The Balaban J connectivity index is 2.43. The van der Waals surface area contributed by atoms with Crippen molar-refractivity contribution in [3.8, 4) is 0 Å². The summed E-state index contributed by atoms with van der Waals surface area (Å²) < 4.78 is 0. The molecule has 0 unspecified atom stereocenters. The van der Waals surface area contributed by atoms with E-state index < -0.39 is 0 Å². The van der Waals surface area contributed by atoms with Crippen LogP contribution in [-0.4, -0.2) is 23.1 Å². The van der Waals surface area contributed by atoms with Crippen LogP contribution in [0.4, 0.5) is 5.95 Å². The third kappa shape index (κ3) is 1.74. The highest BCUT2D eigenvalue weighted by molar-refractivity contribution is 5.34. The maximum absolute atomic E-state index is 11.7. The lowest BCUT2D eigenvalue weighted by molar-refractivity contribution is 0.754. The van der Waals surface area contributed by atoms with Crippen LogP contribution in [0.1, 0.15) is 25.1 Å². The second-order valence-corrected chi connectivity index (χ2v) is 3.59. The topological polar surface area (TPSA) is 61.0 Å². The highest BCUT2D eigenvalue weighted by Gasteiger charge is 2.17. The summed E-state index contributed by atoms with van der Waals surface area (Å²) in [5.41, 5.74) is 1.67. The van der Waals surface area contributed by atoms with Crippen LogP contribution in [0.5, 0.6) is 0 Å². The molecule has 1 aliphatic rings. The molecule has 0 saturated heterocycles. The largest absolute Gasteiger partial charge is 0.343 e. The second-order valence-electron chi connectivity index (χ2n) is 3.59. The van der Waals surface area contributed by atoms with Gasteiger partial charge in [-0.15, -0.1) is 0 Å². The average molecular weight is 208 g/mol. The number of fused-ring (bicyclic) bond motifs is 1. The van der Waals surface area contributed by atoms with Gasteiger partial charge in [0.15, 0.2) is 0 Å². The van der Waals surface area contributed by atoms with Crippen LogP contribution in [0, 0.1) is 0 Å². The normalized spacial score (nSPS) is 14.0. The summed E-state index contributed by atoms with van der Waals surface area (Å²) in [4.78, 5) is 21.0. The van der Waals surface area contributed by atoms with Gasteiger partial charge in [0.25, 0.3) is 5.56 Å². The minimum Gasteiger partial charge on any atom is -0.343 e. The molecule has 15 heavy (non-hydrogen) atoms. The molecule has 2 rings (SSSR count). The molecule has 5 nitrogen and oxygen atoms in total. The number of nitrogens with one attached hydrogen (secondary N) is 2. The smallest absolute Gasteiger partial charge is 0.257 e. The van der Waals surface area contributed by atoms with Crippen molar-refractivity contribution in [3.05, 3.63) is 21.6 Å². The molecule has 82 valence electrons. The van der Waals surface area contributed by atoms with E-state index in [1.165, 1.54) is 0 Å². The zero-order valence-corrected chi connectivity index (χ0v) is 9.13. The number of nitrogens with zero attached hydrogens (tertiary/aromatic N) is 2. The van der Waals surface area contributed by atoms with Gasteiger partial charge in [0, 0.05) is 26.2 Å². The van der Waals surface area contributed by atoms with Crippen molar-refractivity contribution in [3.63, 3.8) is 0 Å². The van der Waals surface area contributed by atoms with Crippen LogP contribution < -0.4 is 15.8 Å². The number of anilines is 1. The van der Waals surface area contributed by atoms with Gasteiger partial charge in [0.05, 0.1) is 11.3 Å². The number of aromatic amines is 1. The monoisotopic (exact) mass is 208 g/mol. The minimum atomic E-state index is -0.00750. The maximum atomic E-state index is 11.7. The van der Waals surface area contributed by atoms with Gasteiger partial charge in [-0.3, -0.25) is 9.78 Å². The summed E-state index contributed by atoms with van der Waals surface area (Å²) in [5.74, 6) is 0.687. The van der Waals surface area contributed by atoms with Gasteiger partial charge in [0.2, 0.25) is 5.95 Å². The van der Waals surface area contributed by atoms with E-state index in [1.807, 2.05) is 4.90 Å². The van der Waals surface area contributed by atoms with Crippen LogP contribution >= 0.6 is 0 Å². The van der Waals surface area contributed by atoms with Crippen LogP contribution in [0.3, 0.4) is 0 Å². The first kappa shape index (κ1) is 10.2. The van der Waals surface area contributed by atoms with E-state index in [1.54, 1.807) is 0 Å². The second kappa shape index (κ2) is 4.02. The molecular weight excluding hydrogens is 192 g/mol. The SMILES string of the molecule is CCN(CC)c1nc2c(c(=O)[nH]1)CNC2. The molecule has 1 aromatic rings. The molecule has 0 bridgehead atoms. The van der Waals surface area contributed by atoms with Crippen LogP contribution in [0.15, 0.2) is 4.79 Å². The summed E-state index contributed by atoms with van der Waals surface area (Å²) in [6, 6.07) is 0. The molecule has 0 radical (unpaired) electrons. The summed E-state index contributed by atoms with van der Waals surface area (Å²) in [6.45, 7) is 7.14. The molecule has 1 aliphatic heterocycles. The van der Waals surface area contributed by atoms with E-state index in [-0.39, 0.29) is 5.56 Å². The van der Waals surface area contributed by atoms with E-state index in [2.05, 4.69) is 29.1 Å². The Labute approximate surface area is 88.5 Å². The number of hydrogen-bond donors (Lipinski definition) is 2. The van der Waals surface area contributed by atoms with E-state index in [0.717, 1.165) is 24.3 Å². The molecule has 0 atom stereocenters. The molecule has 0 saturated carbocycles. The number of H-pyrrole nitrogens is 1. The van der Waals surface area contributed by atoms with Crippen LogP contribution in [0.2, 0.25) is 0 Å². The number of hydrogen-bond acceptors (Lipinski definition) is 4. The molecule has 0 fully saturated rings. The van der Waals surface area contributed by atoms with E-state index in [0.29, 0.717) is 19.0 Å². The van der Waals surface area contributed by atoms with E-state index >= 15 is 0 Å². The molecular formula is C10H16N4O. The first-order chi connectivity index (χ1) is 7.26. The molecule has 0 aliphatic carbocycles. The highest BCUT2D eigenvalue weighted by Crippen LogP contribution is 2.12. The van der Waals surface area contributed by atoms with Crippen molar-refractivity contribution in [2.24, 2.45) is 0 Å². The molecule has 2 heterocycles. The van der Waals surface area contributed by atoms with Gasteiger partial charge in [-0.25, -0.2) is 4.98 Å². The highest BCUT2D eigenvalue weighted by atomic mass is 16.1. The van der Waals surface area contributed by atoms with Crippen LogP contribution in [0.25, 0.3) is 0 Å². The minimum absolute atomic E-state index is 0.00750. The predicted molar refractivity (Wildman–Crippen MR) is 59.0 cm³/mol. The van der Waals surface area contributed by atoms with Crippen molar-refractivity contribution >= 4 is 5.95 Å². The first-order valence-corrected chi connectivity index (χ1v) is 5.34. The van der Waals surface area contributed by atoms with Crippen LogP contribution in [-0.2, 0) is 13.1 Å². The standard InChI is InChI=1S/C10H16N4O/c1-3-14(4-2)10-12-8-6-11-5-7(8)9(15)13-10/h11H,3-6H2,1-2H3,(H,12,13,15). The van der Waals surface area contributed by atoms with E-state index in [4.69, 9.17) is 0 Å². The lowest BCUT2D eigenvalue weighted by atomic mass is 10.3. The Morgan fingerprint density at radius 2 is 2.07 bits per heavy atom. The van der Waals surface area contributed by atoms with Gasteiger partial charge >= 0.3 is 0 Å². The van der Waals surface area contributed by atoms with E-state index in [9.17, 15) is 4.79 Å². The third-order valence-electron chi connectivity index (χ3n) is 2.75. The van der Waals surface area contributed by atoms with Gasteiger partial charge in [-0.2, -0.15) is 0 Å². The molecule has 0 aromatic carbocycles. The Bertz CT molecular complexity index is 408. The Morgan fingerprint density at radius 1 is 1.33 bits per heavy atom. The molecule has 0 amide bonds. The maximum Gasteiger partial charge on any atom is 0.257 e. The Hall–Kier alpha value is -1.36. The fourth-order valence-corrected chi connectivity index (χ4v) is 1.84. The fraction of sp³-hybridized carbons (Fsp3) is 0.600. The number of aromatic nitrogens is 2. The fourth-order valence-electron chi connectivity index (χ4n) is 1.84. The molecule has 0 spiro atoms. The Morgan fingerprint density at radius 3 is 2.73 bits per heavy atom. The zero-order chi connectivity index (χ0) is 10.8. The lowest BCUT2D eigenvalue weighted by Gasteiger charge is -2.19. The van der Waals surface area contributed by atoms with Crippen molar-refractivity contribution < 1.29 is 0 Å². The quantitative estimate of drug-likeness (QED) is 0.746. The first-order valence-electron chi connectivity index (χ1n) is 5.34. The summed E-state index contributed by atoms with van der Waals surface area (Å²) in [7, 11) is 0. The molecule has 5 heteroatoms. The summed E-state index contributed by atoms with van der Waals surface area (Å²) in [6.07, 6.45) is 0. The van der Waals surface area contributed by atoms with Gasteiger partial charge in [-0.1, -0.05) is 0 Å². The van der Waals surface area contributed by atoms with Crippen molar-refractivity contribution in [1.29, 1.82) is 0 Å². The summed E-state index contributed by atoms with van der Waals surface area (Å²) >= 11 is 0. The molecule has 1 aromatic heterocycles. The number of rotatable bonds is 3. The lowest BCUT2D eigenvalue weighted by Crippen LogP contribution is -2.28. The van der Waals surface area contributed by atoms with Gasteiger partial charge < -0.3 is 10.2 Å². The average Bonchev–Trinajstić information content (AvgIpc) is 2.68. The summed E-state index contributed by atoms with van der Waals surface area (Å²) in [5, 5.41) is 3.13. The van der Waals surface area contributed by atoms with Crippen molar-refractivity contribution in [1.82, 2.24) is 15.3 Å². The Kier molecular flexibility index (Phi) is 2.73. The van der Waals surface area contributed by atoms with Crippen molar-refractivity contribution in [2.45, 2.75) is 26.9 Å². The third-order valence-corrected chi connectivity index (χ3v) is 2.75. The zero-order valence-electron chi connectivity index (χ0n) is 9.13. The predicted octanol–water partition coefficient (Wildman–Crippen LogP) is 0.219. The van der Waals surface area contributed by atoms with Crippen molar-refractivity contribution in [2.75, 3.05) is 18.0 Å². The molecule has 2 N–H and O–H groups in total. The van der Waals surface area contributed by atoms with Gasteiger partial charge in [-0.05, 0) is 13.8 Å². The van der Waals surface area contributed by atoms with Gasteiger partial charge in [0.1, 0.15) is 0 Å².